The maximum Gasteiger partial charge on any atom is 0.316 e. The Morgan fingerprint density at radius 1 is 1.15 bits per heavy atom. The van der Waals surface area contributed by atoms with E-state index in [2.05, 4.69) is 9.97 Å². The molecule has 0 spiro atoms. The van der Waals surface area contributed by atoms with Crippen molar-refractivity contribution in [3.05, 3.63) is 57.3 Å². The summed E-state index contributed by atoms with van der Waals surface area (Å²) in [6.07, 6.45) is 1.63. The van der Waals surface area contributed by atoms with Gasteiger partial charge in [0.1, 0.15) is 5.82 Å². The van der Waals surface area contributed by atoms with Gasteiger partial charge in [0.2, 0.25) is 0 Å². The van der Waals surface area contributed by atoms with Crippen molar-refractivity contribution in [1.82, 2.24) is 14.9 Å². The molecule has 4 rings (SSSR count). The van der Waals surface area contributed by atoms with Crippen LogP contribution < -0.4 is 10.5 Å². The number of carbonyl (C=O) groups excluding carboxylic acids is 2. The fourth-order valence-corrected chi connectivity index (χ4v) is 4.05. The first-order valence-corrected chi connectivity index (χ1v) is 9.24. The minimum Gasteiger partial charge on any atom is -0.334 e. The van der Waals surface area contributed by atoms with Crippen molar-refractivity contribution in [2.45, 2.75) is 39.2 Å². The highest BCUT2D eigenvalue weighted by Gasteiger charge is 2.36. The topological polar surface area (TPSA) is 86.4 Å². The second-order valence-electron chi connectivity index (χ2n) is 7.23. The highest BCUT2D eigenvalue weighted by molar-refractivity contribution is 6.40. The Bertz CT molecular complexity index is 981. The number of aromatic nitrogens is 2. The van der Waals surface area contributed by atoms with Crippen LogP contribution in [0.1, 0.15) is 29.6 Å². The van der Waals surface area contributed by atoms with Crippen LogP contribution in [-0.2, 0) is 28.9 Å². The zero-order valence-corrected chi connectivity index (χ0v) is 15.5. The molecule has 1 atom stereocenters. The average molecular weight is 366 g/mol. The predicted octanol–water partition coefficient (Wildman–Crippen LogP) is 0.983. The van der Waals surface area contributed by atoms with E-state index in [1.165, 1.54) is 0 Å². The number of hydrogen-bond acceptors (Lipinski definition) is 4. The first-order valence-electron chi connectivity index (χ1n) is 9.24. The lowest BCUT2D eigenvalue weighted by Gasteiger charge is -2.26. The Morgan fingerprint density at radius 3 is 2.70 bits per heavy atom. The maximum absolute atomic E-state index is 13.0. The number of nitrogens with zero attached hydrogens (tertiary/aromatic N) is 3. The molecule has 2 aromatic rings. The van der Waals surface area contributed by atoms with Crippen molar-refractivity contribution in [3.63, 3.8) is 0 Å². The lowest BCUT2D eigenvalue weighted by Crippen LogP contribution is -2.48. The molecule has 0 saturated heterocycles. The molecular formula is C20H22N4O3. The molecule has 140 valence electrons. The molecule has 0 unspecified atom stereocenters. The first-order chi connectivity index (χ1) is 13.0. The van der Waals surface area contributed by atoms with Gasteiger partial charge >= 0.3 is 11.8 Å². The number of rotatable bonds is 0. The van der Waals surface area contributed by atoms with E-state index < -0.39 is 11.8 Å². The number of aromatic amines is 1. The Kier molecular flexibility index (Phi) is 4.30. The third-order valence-electron chi connectivity index (χ3n) is 5.37. The molecule has 0 radical (unpaired) electrons. The normalized spacial score (nSPS) is 18.7. The number of amides is 2. The highest BCUT2D eigenvalue weighted by Crippen LogP contribution is 2.32. The number of fused-ring (bicyclic) bond motifs is 2. The second kappa shape index (κ2) is 6.64. The van der Waals surface area contributed by atoms with E-state index >= 15 is 0 Å². The van der Waals surface area contributed by atoms with Gasteiger partial charge in [0, 0.05) is 36.8 Å². The molecule has 2 amide bonds. The van der Waals surface area contributed by atoms with Gasteiger partial charge in [0.25, 0.3) is 5.56 Å². The van der Waals surface area contributed by atoms with Crippen LogP contribution in [0, 0.1) is 6.92 Å². The fourth-order valence-electron chi connectivity index (χ4n) is 4.05. The van der Waals surface area contributed by atoms with E-state index in [-0.39, 0.29) is 11.6 Å². The Hall–Kier alpha value is -2.96. The maximum atomic E-state index is 13.0. The van der Waals surface area contributed by atoms with Crippen molar-refractivity contribution in [1.29, 1.82) is 0 Å². The molecule has 1 N–H and O–H groups in total. The summed E-state index contributed by atoms with van der Waals surface area (Å²) in [6, 6.07) is 7.65. The van der Waals surface area contributed by atoms with E-state index in [9.17, 15) is 14.4 Å². The molecule has 27 heavy (non-hydrogen) atoms. The number of H-pyrrole nitrogens is 1. The minimum atomic E-state index is -0.514. The Morgan fingerprint density at radius 2 is 1.89 bits per heavy atom. The SMILES string of the molecule is Cc1nc2c(c(=O)[nH]1)CCN(C(=O)C(=O)N1c3ccccc3C[C@@H]1C)CC2. The number of hydrogen-bond donors (Lipinski definition) is 1. The summed E-state index contributed by atoms with van der Waals surface area (Å²) in [5.74, 6) is -0.451. The molecule has 7 heteroatoms. The third kappa shape index (κ3) is 3.03. The van der Waals surface area contributed by atoms with Crippen molar-refractivity contribution < 1.29 is 9.59 Å². The predicted molar refractivity (Wildman–Crippen MR) is 101 cm³/mol. The number of nitrogens with one attached hydrogen (secondary N) is 1. The number of para-hydroxylation sites is 1. The van der Waals surface area contributed by atoms with E-state index in [1.54, 1.807) is 16.7 Å². The first kappa shape index (κ1) is 17.5. The summed E-state index contributed by atoms with van der Waals surface area (Å²) in [6.45, 7) is 4.42. The van der Waals surface area contributed by atoms with Gasteiger partial charge in [-0.25, -0.2) is 4.98 Å². The molecule has 1 aromatic carbocycles. The summed E-state index contributed by atoms with van der Waals surface area (Å²) in [7, 11) is 0. The lowest BCUT2D eigenvalue weighted by molar-refractivity contribution is -0.144. The van der Waals surface area contributed by atoms with Crippen molar-refractivity contribution in [3.8, 4) is 0 Å². The smallest absolute Gasteiger partial charge is 0.316 e. The van der Waals surface area contributed by atoms with Gasteiger partial charge in [-0.2, -0.15) is 0 Å². The Balaban J connectivity index is 1.55. The van der Waals surface area contributed by atoms with E-state index in [1.807, 2.05) is 31.2 Å². The number of aryl methyl sites for hydroxylation is 1. The molecule has 0 bridgehead atoms. The molecule has 7 nitrogen and oxygen atoms in total. The summed E-state index contributed by atoms with van der Waals surface area (Å²) in [4.78, 5) is 48.3. The Labute approximate surface area is 157 Å². The molecule has 1 aromatic heterocycles. The van der Waals surface area contributed by atoms with Crippen LogP contribution in [0.4, 0.5) is 5.69 Å². The van der Waals surface area contributed by atoms with Gasteiger partial charge in [0.15, 0.2) is 0 Å². The standard InChI is InChI=1S/C20H22N4O3/c1-12-11-14-5-3-4-6-17(14)24(12)20(27)19(26)23-9-7-15-16(8-10-23)21-13(2)22-18(15)25/h3-6,12H,7-11H2,1-2H3,(H,21,22,25)/t12-/m0/s1. The van der Waals surface area contributed by atoms with Crippen LogP contribution in [-0.4, -0.2) is 45.8 Å². The van der Waals surface area contributed by atoms with Gasteiger partial charge < -0.3 is 14.8 Å². The molecule has 0 aliphatic carbocycles. The molecule has 0 fully saturated rings. The fraction of sp³-hybridized carbons (Fsp3) is 0.400. The highest BCUT2D eigenvalue weighted by atomic mass is 16.2. The van der Waals surface area contributed by atoms with Crippen LogP contribution in [0.25, 0.3) is 0 Å². The van der Waals surface area contributed by atoms with Crippen LogP contribution in [0.2, 0.25) is 0 Å². The van der Waals surface area contributed by atoms with E-state index in [0.29, 0.717) is 37.3 Å². The second-order valence-corrected chi connectivity index (χ2v) is 7.23. The van der Waals surface area contributed by atoms with Gasteiger partial charge in [-0.05, 0) is 38.3 Å². The van der Waals surface area contributed by atoms with Crippen LogP contribution in [0.3, 0.4) is 0 Å². The van der Waals surface area contributed by atoms with E-state index in [0.717, 1.165) is 23.4 Å². The number of benzene rings is 1. The van der Waals surface area contributed by atoms with Crippen LogP contribution in [0.15, 0.2) is 29.1 Å². The monoisotopic (exact) mass is 366 g/mol. The zero-order chi connectivity index (χ0) is 19.1. The quantitative estimate of drug-likeness (QED) is 0.705. The van der Waals surface area contributed by atoms with Crippen molar-refractivity contribution >= 4 is 17.5 Å². The molecule has 0 saturated carbocycles. The van der Waals surface area contributed by atoms with Crippen LogP contribution in [0.5, 0.6) is 0 Å². The molecule has 3 heterocycles. The van der Waals surface area contributed by atoms with Gasteiger partial charge in [-0.1, -0.05) is 18.2 Å². The number of carbonyl (C=O) groups is 2. The number of anilines is 1. The zero-order valence-electron chi connectivity index (χ0n) is 15.5. The van der Waals surface area contributed by atoms with Crippen molar-refractivity contribution in [2.24, 2.45) is 0 Å². The minimum absolute atomic E-state index is 0.0461. The summed E-state index contributed by atoms with van der Waals surface area (Å²) in [5.41, 5.74) is 3.08. The summed E-state index contributed by atoms with van der Waals surface area (Å²) < 4.78 is 0. The average Bonchev–Trinajstić information content (AvgIpc) is 2.82. The van der Waals surface area contributed by atoms with Gasteiger partial charge in [-0.3, -0.25) is 14.4 Å². The van der Waals surface area contributed by atoms with E-state index in [4.69, 9.17) is 0 Å². The van der Waals surface area contributed by atoms with Gasteiger partial charge in [0.05, 0.1) is 5.69 Å². The van der Waals surface area contributed by atoms with Crippen LogP contribution >= 0.6 is 0 Å². The molecule has 2 aliphatic heterocycles. The molecule has 2 aliphatic rings. The largest absolute Gasteiger partial charge is 0.334 e. The van der Waals surface area contributed by atoms with Gasteiger partial charge in [-0.15, -0.1) is 0 Å². The van der Waals surface area contributed by atoms with Crippen molar-refractivity contribution in [2.75, 3.05) is 18.0 Å². The lowest BCUT2D eigenvalue weighted by atomic mass is 10.1. The third-order valence-corrected chi connectivity index (χ3v) is 5.37. The summed E-state index contributed by atoms with van der Waals surface area (Å²) >= 11 is 0. The molecular weight excluding hydrogens is 344 g/mol. The summed E-state index contributed by atoms with van der Waals surface area (Å²) in [5, 5.41) is 0.